The van der Waals surface area contributed by atoms with E-state index >= 15 is 0 Å². The molecule has 0 spiro atoms. The molecule has 1 fully saturated rings. The first-order valence-corrected chi connectivity index (χ1v) is 8.21. The molecule has 0 aromatic carbocycles. The SMILES string of the molecule is Cc1occc1-c1nnc(SCCCN2C(=O)CNC2=O)n1C. The van der Waals surface area contributed by atoms with Crippen molar-refractivity contribution in [1.82, 2.24) is 25.0 Å². The molecule has 3 amide bonds. The second-order valence-corrected chi connectivity index (χ2v) is 6.22. The Morgan fingerprint density at radius 3 is 2.87 bits per heavy atom. The van der Waals surface area contributed by atoms with Gasteiger partial charge in [0.05, 0.1) is 18.4 Å². The van der Waals surface area contributed by atoms with Crippen molar-refractivity contribution in [2.75, 3.05) is 18.8 Å². The smallest absolute Gasteiger partial charge is 0.324 e. The van der Waals surface area contributed by atoms with Crippen molar-refractivity contribution in [2.45, 2.75) is 18.5 Å². The van der Waals surface area contributed by atoms with E-state index in [-0.39, 0.29) is 18.5 Å². The lowest BCUT2D eigenvalue weighted by atomic mass is 10.2. The van der Waals surface area contributed by atoms with Crippen molar-refractivity contribution in [3.63, 3.8) is 0 Å². The maximum atomic E-state index is 11.5. The van der Waals surface area contributed by atoms with Gasteiger partial charge in [-0.25, -0.2) is 4.79 Å². The summed E-state index contributed by atoms with van der Waals surface area (Å²) in [5.41, 5.74) is 0.922. The molecule has 3 heterocycles. The normalized spacial score (nSPS) is 14.6. The molecule has 1 saturated heterocycles. The third-order valence-corrected chi connectivity index (χ3v) is 4.74. The van der Waals surface area contributed by atoms with Crippen molar-refractivity contribution < 1.29 is 14.0 Å². The fraction of sp³-hybridized carbons (Fsp3) is 0.429. The largest absolute Gasteiger partial charge is 0.469 e. The van der Waals surface area contributed by atoms with E-state index in [0.29, 0.717) is 13.0 Å². The average molecular weight is 335 g/mol. The Balaban J connectivity index is 1.55. The molecule has 0 atom stereocenters. The van der Waals surface area contributed by atoms with Crippen LogP contribution in [-0.2, 0) is 11.8 Å². The van der Waals surface area contributed by atoms with E-state index in [4.69, 9.17) is 4.42 Å². The number of hydrogen-bond donors (Lipinski definition) is 1. The quantitative estimate of drug-likeness (QED) is 0.487. The highest BCUT2D eigenvalue weighted by Gasteiger charge is 2.27. The molecule has 0 saturated carbocycles. The molecule has 2 aromatic heterocycles. The van der Waals surface area contributed by atoms with E-state index in [2.05, 4.69) is 15.5 Å². The molecule has 0 bridgehead atoms. The first kappa shape index (κ1) is 15.6. The average Bonchev–Trinajstić information content (AvgIpc) is 3.18. The predicted molar refractivity (Wildman–Crippen MR) is 83.9 cm³/mol. The van der Waals surface area contributed by atoms with E-state index in [1.165, 1.54) is 4.90 Å². The zero-order valence-corrected chi connectivity index (χ0v) is 13.7. The highest BCUT2D eigenvalue weighted by atomic mass is 32.2. The summed E-state index contributed by atoms with van der Waals surface area (Å²) in [6, 6.07) is 1.56. The van der Waals surface area contributed by atoms with Gasteiger partial charge in [0.2, 0.25) is 5.91 Å². The Morgan fingerprint density at radius 1 is 1.39 bits per heavy atom. The minimum atomic E-state index is -0.309. The van der Waals surface area contributed by atoms with Gasteiger partial charge in [0.1, 0.15) is 5.76 Å². The Hall–Kier alpha value is -2.29. The van der Waals surface area contributed by atoms with Gasteiger partial charge in [0.25, 0.3) is 0 Å². The van der Waals surface area contributed by atoms with E-state index in [1.807, 2.05) is 24.6 Å². The molecule has 23 heavy (non-hydrogen) atoms. The molecular formula is C14H17N5O3S. The van der Waals surface area contributed by atoms with E-state index < -0.39 is 0 Å². The van der Waals surface area contributed by atoms with Crippen LogP contribution in [0.15, 0.2) is 21.9 Å². The van der Waals surface area contributed by atoms with Gasteiger partial charge in [-0.15, -0.1) is 10.2 Å². The lowest BCUT2D eigenvalue weighted by molar-refractivity contribution is -0.124. The van der Waals surface area contributed by atoms with Crippen LogP contribution >= 0.6 is 11.8 Å². The molecule has 8 nitrogen and oxygen atoms in total. The lowest BCUT2D eigenvalue weighted by Crippen LogP contribution is -2.32. The lowest BCUT2D eigenvalue weighted by Gasteiger charge is -2.11. The van der Waals surface area contributed by atoms with Crippen molar-refractivity contribution in [1.29, 1.82) is 0 Å². The molecule has 2 aromatic rings. The Labute approximate surface area is 137 Å². The van der Waals surface area contributed by atoms with Crippen LogP contribution in [-0.4, -0.2) is 50.4 Å². The van der Waals surface area contributed by atoms with Crippen molar-refractivity contribution >= 4 is 23.7 Å². The molecule has 1 aliphatic heterocycles. The molecular weight excluding hydrogens is 318 g/mol. The van der Waals surface area contributed by atoms with E-state index in [0.717, 1.165) is 28.1 Å². The zero-order chi connectivity index (χ0) is 16.4. The van der Waals surface area contributed by atoms with Gasteiger partial charge in [0.15, 0.2) is 11.0 Å². The fourth-order valence-electron chi connectivity index (χ4n) is 2.36. The monoisotopic (exact) mass is 335 g/mol. The van der Waals surface area contributed by atoms with Gasteiger partial charge in [-0.2, -0.15) is 0 Å². The molecule has 3 rings (SSSR count). The number of hydrogen-bond acceptors (Lipinski definition) is 6. The van der Waals surface area contributed by atoms with Gasteiger partial charge < -0.3 is 14.3 Å². The first-order valence-electron chi connectivity index (χ1n) is 7.23. The van der Waals surface area contributed by atoms with Crippen molar-refractivity contribution in [2.24, 2.45) is 7.05 Å². The maximum absolute atomic E-state index is 11.5. The second kappa shape index (κ2) is 6.45. The number of carbonyl (C=O) groups excluding carboxylic acids is 2. The van der Waals surface area contributed by atoms with E-state index in [9.17, 15) is 9.59 Å². The number of rotatable bonds is 6. The summed E-state index contributed by atoms with van der Waals surface area (Å²) in [5.74, 6) is 2.13. The summed E-state index contributed by atoms with van der Waals surface area (Å²) in [6.07, 6.45) is 2.33. The first-order chi connectivity index (χ1) is 11.1. The number of nitrogens with one attached hydrogen (secondary N) is 1. The molecule has 0 aliphatic carbocycles. The third-order valence-electron chi connectivity index (χ3n) is 3.63. The van der Waals surface area contributed by atoms with Crippen LogP contribution < -0.4 is 5.32 Å². The number of urea groups is 1. The van der Waals surface area contributed by atoms with E-state index in [1.54, 1.807) is 18.0 Å². The minimum absolute atomic E-state index is 0.0999. The Kier molecular flexibility index (Phi) is 4.37. The number of aromatic nitrogens is 3. The van der Waals surface area contributed by atoms with Crippen LogP contribution in [0.2, 0.25) is 0 Å². The highest BCUT2D eigenvalue weighted by Crippen LogP contribution is 2.26. The number of furan rings is 1. The summed E-state index contributed by atoms with van der Waals surface area (Å²) >= 11 is 1.55. The van der Waals surface area contributed by atoms with Crippen LogP contribution in [0, 0.1) is 6.92 Å². The van der Waals surface area contributed by atoms with Crippen molar-refractivity contribution in [3.05, 3.63) is 18.1 Å². The fourth-order valence-corrected chi connectivity index (χ4v) is 3.19. The number of thioether (sulfide) groups is 1. The molecule has 0 radical (unpaired) electrons. The zero-order valence-electron chi connectivity index (χ0n) is 12.9. The number of amides is 3. The summed E-state index contributed by atoms with van der Waals surface area (Å²) in [6.45, 7) is 2.40. The number of imide groups is 1. The predicted octanol–water partition coefficient (Wildman–Crippen LogP) is 1.42. The second-order valence-electron chi connectivity index (χ2n) is 5.16. The van der Waals surface area contributed by atoms with Crippen molar-refractivity contribution in [3.8, 4) is 11.4 Å². The number of carbonyl (C=O) groups is 2. The van der Waals surface area contributed by atoms with Gasteiger partial charge in [0, 0.05) is 19.3 Å². The standard InChI is InChI=1S/C14H17N5O3S/c1-9-10(4-6-22-9)12-16-17-14(18(12)2)23-7-3-5-19-11(20)8-15-13(19)21/h4,6H,3,5,7-8H2,1-2H3,(H,15,21). The Morgan fingerprint density at radius 2 is 2.22 bits per heavy atom. The minimum Gasteiger partial charge on any atom is -0.469 e. The van der Waals surface area contributed by atoms with Crippen LogP contribution in [0.4, 0.5) is 4.79 Å². The number of nitrogens with zero attached hydrogens (tertiary/aromatic N) is 4. The van der Waals surface area contributed by atoms with Gasteiger partial charge in [-0.05, 0) is 19.4 Å². The Bertz CT molecular complexity index is 723. The third kappa shape index (κ3) is 3.09. The number of aryl methyl sites for hydroxylation is 1. The topological polar surface area (TPSA) is 93.3 Å². The summed E-state index contributed by atoms with van der Waals surface area (Å²) in [4.78, 5) is 24.1. The summed E-state index contributed by atoms with van der Waals surface area (Å²) in [5, 5.41) is 11.7. The maximum Gasteiger partial charge on any atom is 0.324 e. The molecule has 1 aliphatic rings. The highest BCUT2D eigenvalue weighted by molar-refractivity contribution is 7.99. The van der Waals surface area contributed by atoms with Gasteiger partial charge in [-0.3, -0.25) is 9.69 Å². The van der Waals surface area contributed by atoms with Gasteiger partial charge in [-0.1, -0.05) is 11.8 Å². The van der Waals surface area contributed by atoms with Crippen LogP contribution in [0.25, 0.3) is 11.4 Å². The van der Waals surface area contributed by atoms with Gasteiger partial charge >= 0.3 is 6.03 Å². The summed E-state index contributed by atoms with van der Waals surface area (Å²) < 4.78 is 7.21. The van der Waals surface area contributed by atoms with Crippen LogP contribution in [0.5, 0.6) is 0 Å². The molecule has 9 heteroatoms. The molecule has 1 N–H and O–H groups in total. The summed E-state index contributed by atoms with van der Waals surface area (Å²) in [7, 11) is 1.90. The molecule has 122 valence electrons. The van der Waals surface area contributed by atoms with Crippen LogP contribution in [0.3, 0.4) is 0 Å². The van der Waals surface area contributed by atoms with Crippen LogP contribution in [0.1, 0.15) is 12.2 Å². The molecule has 0 unspecified atom stereocenters.